The molecule has 0 atom stereocenters. The highest BCUT2D eigenvalue weighted by atomic mass is 33.1. The van der Waals surface area contributed by atoms with Crippen molar-refractivity contribution in [2.24, 2.45) is 0 Å². The summed E-state index contributed by atoms with van der Waals surface area (Å²) in [5.41, 5.74) is 2.84. The topological polar surface area (TPSA) is 25.8 Å². The summed E-state index contributed by atoms with van der Waals surface area (Å²) in [5.74, 6) is 0. The van der Waals surface area contributed by atoms with E-state index in [-0.39, 0.29) is 0 Å². The molecule has 2 rings (SSSR count). The van der Waals surface area contributed by atoms with Crippen LogP contribution in [0.5, 0.6) is 0 Å². The molecule has 0 saturated heterocycles. The van der Waals surface area contributed by atoms with Gasteiger partial charge < -0.3 is 0 Å². The number of thiol groups is 1. The van der Waals surface area contributed by atoms with Gasteiger partial charge in [0.2, 0.25) is 0 Å². The summed E-state index contributed by atoms with van der Waals surface area (Å²) in [4.78, 5) is 1.14. The Morgan fingerprint density at radius 2 is 2.00 bits per heavy atom. The lowest BCUT2D eigenvalue weighted by Crippen LogP contribution is -1.76. The summed E-state index contributed by atoms with van der Waals surface area (Å²) in [7, 11) is 1.44. The fourth-order valence-corrected chi connectivity index (χ4v) is 2.14. The maximum absolute atomic E-state index is 4.11. The molecule has 0 saturated carbocycles. The summed E-state index contributed by atoms with van der Waals surface area (Å²) in [6, 6.07) is 8.10. The van der Waals surface area contributed by atoms with Crippen LogP contribution in [0.3, 0.4) is 0 Å². The first-order chi connectivity index (χ1) is 6.40. The Labute approximate surface area is 89.2 Å². The first-order valence-corrected chi connectivity index (χ1v) is 6.33. The summed E-state index contributed by atoms with van der Waals surface area (Å²) >= 11 is 5.65. The second-order valence-electron chi connectivity index (χ2n) is 2.36. The van der Waals surface area contributed by atoms with E-state index in [1.54, 1.807) is 16.8 Å². The van der Waals surface area contributed by atoms with E-state index in [0.717, 1.165) is 15.5 Å². The highest BCUT2D eigenvalue weighted by Gasteiger charge is 2.00. The van der Waals surface area contributed by atoms with E-state index >= 15 is 0 Å². The number of hydrogen-bond acceptors (Lipinski definition) is 5. The molecule has 5 heteroatoms. The molecule has 2 nitrogen and oxygen atoms in total. The van der Waals surface area contributed by atoms with Crippen LogP contribution in [0.15, 0.2) is 34.7 Å². The average Bonchev–Trinajstić information content (AvgIpc) is 2.71. The molecule has 66 valence electrons. The Bertz CT molecular complexity index is 369. The van der Waals surface area contributed by atoms with Crippen LogP contribution in [-0.4, -0.2) is 10.2 Å². The molecule has 0 aliphatic carbocycles. The molecule has 0 N–H and O–H groups in total. The Balaban J connectivity index is 2.33. The molecule has 0 spiro atoms. The molecular weight excluding hydrogens is 220 g/mol. The van der Waals surface area contributed by atoms with Crippen LogP contribution in [0, 0.1) is 0 Å². The van der Waals surface area contributed by atoms with Gasteiger partial charge >= 0.3 is 0 Å². The maximum Gasteiger partial charge on any atom is 0.147 e. The zero-order valence-corrected chi connectivity index (χ0v) is 9.07. The number of aromatic nitrogens is 2. The fraction of sp³-hybridized carbons (Fsp3) is 0. The predicted molar refractivity (Wildman–Crippen MR) is 60.2 cm³/mol. The van der Waals surface area contributed by atoms with E-state index in [9.17, 15) is 0 Å². The van der Waals surface area contributed by atoms with E-state index in [1.807, 2.05) is 24.3 Å². The Kier molecular flexibility index (Phi) is 2.87. The third kappa shape index (κ3) is 2.04. The number of rotatable bonds is 2. The predicted octanol–water partition coefficient (Wildman–Crippen LogP) is 3.14. The monoisotopic (exact) mass is 226 g/mol. The normalized spacial score (nSPS) is 10.2. The van der Waals surface area contributed by atoms with Crippen molar-refractivity contribution in [2.75, 3.05) is 0 Å². The second kappa shape index (κ2) is 4.13. The molecule has 1 aromatic heterocycles. The minimum Gasteiger partial charge on any atom is -0.147 e. The SMILES string of the molecule is SSc1ccc(-c2nncs2)cc1. The minimum absolute atomic E-state index is 0.954. The van der Waals surface area contributed by atoms with Gasteiger partial charge in [-0.15, -0.1) is 21.9 Å². The fourth-order valence-electron chi connectivity index (χ4n) is 0.957. The van der Waals surface area contributed by atoms with Crippen LogP contribution in [0.2, 0.25) is 0 Å². The van der Waals surface area contributed by atoms with Gasteiger partial charge in [-0.3, -0.25) is 0 Å². The summed E-state index contributed by atoms with van der Waals surface area (Å²) < 4.78 is 0. The third-order valence-corrected chi connectivity index (χ3v) is 3.42. The number of nitrogens with zero attached hydrogens (tertiary/aromatic N) is 2. The molecule has 2 aromatic rings. The molecule has 0 amide bonds. The lowest BCUT2D eigenvalue weighted by atomic mass is 10.2. The van der Waals surface area contributed by atoms with E-state index in [1.165, 1.54) is 10.8 Å². The molecule has 0 unspecified atom stereocenters. The highest BCUT2D eigenvalue weighted by Crippen LogP contribution is 2.26. The van der Waals surface area contributed by atoms with Gasteiger partial charge in [0, 0.05) is 10.5 Å². The van der Waals surface area contributed by atoms with Gasteiger partial charge in [-0.25, -0.2) is 0 Å². The van der Waals surface area contributed by atoms with E-state index in [0.29, 0.717) is 0 Å². The van der Waals surface area contributed by atoms with Crippen molar-refractivity contribution in [1.82, 2.24) is 10.2 Å². The highest BCUT2D eigenvalue weighted by molar-refractivity contribution is 8.68. The quantitative estimate of drug-likeness (QED) is 0.629. The van der Waals surface area contributed by atoms with Crippen molar-refractivity contribution in [3.05, 3.63) is 29.8 Å². The summed E-state index contributed by atoms with van der Waals surface area (Å²) in [6.07, 6.45) is 0. The van der Waals surface area contributed by atoms with Gasteiger partial charge in [0.25, 0.3) is 0 Å². The summed E-state index contributed by atoms with van der Waals surface area (Å²) in [6.45, 7) is 0. The van der Waals surface area contributed by atoms with Gasteiger partial charge in [0.05, 0.1) is 0 Å². The summed E-state index contributed by atoms with van der Waals surface area (Å²) in [5, 5.41) is 8.73. The second-order valence-corrected chi connectivity index (χ2v) is 4.39. The molecular formula is C8H6N2S3. The Morgan fingerprint density at radius 3 is 2.54 bits per heavy atom. The van der Waals surface area contributed by atoms with Crippen molar-refractivity contribution >= 4 is 33.8 Å². The lowest BCUT2D eigenvalue weighted by Gasteiger charge is -1.96. The van der Waals surface area contributed by atoms with Crippen molar-refractivity contribution in [2.45, 2.75) is 4.90 Å². The van der Waals surface area contributed by atoms with Gasteiger partial charge in [0.1, 0.15) is 10.5 Å². The molecule has 0 bridgehead atoms. The molecule has 0 fully saturated rings. The number of hydrogen-bond donors (Lipinski definition) is 1. The maximum atomic E-state index is 4.11. The van der Waals surface area contributed by atoms with E-state index in [4.69, 9.17) is 0 Å². The molecule has 0 radical (unpaired) electrons. The molecule has 1 heterocycles. The van der Waals surface area contributed by atoms with Gasteiger partial charge in [0.15, 0.2) is 0 Å². The van der Waals surface area contributed by atoms with Crippen molar-refractivity contribution in [3.63, 3.8) is 0 Å². The molecule has 1 aromatic carbocycles. The van der Waals surface area contributed by atoms with Crippen LogP contribution >= 0.6 is 33.8 Å². The minimum atomic E-state index is 0.954. The largest absolute Gasteiger partial charge is 0.147 e. The zero-order valence-electron chi connectivity index (χ0n) is 6.54. The van der Waals surface area contributed by atoms with Crippen molar-refractivity contribution in [3.8, 4) is 10.6 Å². The number of benzene rings is 1. The Morgan fingerprint density at radius 1 is 1.23 bits per heavy atom. The Hall–Kier alpha value is -0.520. The smallest absolute Gasteiger partial charge is 0.147 e. The molecule has 0 aliphatic heterocycles. The third-order valence-electron chi connectivity index (χ3n) is 1.57. The van der Waals surface area contributed by atoms with Crippen molar-refractivity contribution < 1.29 is 0 Å². The first-order valence-electron chi connectivity index (χ1n) is 3.58. The van der Waals surface area contributed by atoms with Gasteiger partial charge in [-0.05, 0) is 12.1 Å². The van der Waals surface area contributed by atoms with E-state index < -0.39 is 0 Å². The van der Waals surface area contributed by atoms with E-state index in [2.05, 4.69) is 21.9 Å². The molecule has 0 aliphatic rings. The van der Waals surface area contributed by atoms with Crippen LogP contribution in [-0.2, 0) is 0 Å². The zero-order chi connectivity index (χ0) is 9.10. The average molecular weight is 226 g/mol. The van der Waals surface area contributed by atoms with Gasteiger partial charge in [-0.1, -0.05) is 34.3 Å². The van der Waals surface area contributed by atoms with Crippen LogP contribution < -0.4 is 0 Å². The van der Waals surface area contributed by atoms with Crippen LogP contribution in [0.25, 0.3) is 10.6 Å². The van der Waals surface area contributed by atoms with Crippen LogP contribution in [0.1, 0.15) is 0 Å². The lowest BCUT2D eigenvalue weighted by molar-refractivity contribution is 1.09. The molecule has 13 heavy (non-hydrogen) atoms. The van der Waals surface area contributed by atoms with Crippen molar-refractivity contribution in [1.29, 1.82) is 0 Å². The first kappa shape index (κ1) is 9.05. The van der Waals surface area contributed by atoms with Crippen LogP contribution in [0.4, 0.5) is 0 Å². The standard InChI is InChI=1S/C8H6N2S3/c11-13-7-3-1-6(2-4-7)8-10-9-5-12-8/h1-5,11H. The van der Waals surface area contributed by atoms with Gasteiger partial charge in [-0.2, -0.15) is 0 Å².